The Hall–Kier alpha value is -1.26. The second kappa shape index (κ2) is 7.14. The molecule has 0 saturated heterocycles. The van der Waals surface area contributed by atoms with Crippen molar-refractivity contribution in [2.75, 3.05) is 6.54 Å². The SMILES string of the molecule is CCNC(Cc1ccc(F)cc1C)c1cc(F)cc(Br)c1. The third kappa shape index (κ3) is 4.35. The summed E-state index contributed by atoms with van der Waals surface area (Å²) in [5.74, 6) is -0.497. The van der Waals surface area contributed by atoms with Gasteiger partial charge >= 0.3 is 0 Å². The number of rotatable bonds is 5. The smallest absolute Gasteiger partial charge is 0.124 e. The van der Waals surface area contributed by atoms with Gasteiger partial charge in [-0.1, -0.05) is 28.9 Å². The van der Waals surface area contributed by atoms with Crippen LogP contribution in [-0.4, -0.2) is 6.54 Å². The highest BCUT2D eigenvalue weighted by Gasteiger charge is 2.14. The second-order valence-corrected chi connectivity index (χ2v) is 6.00. The maximum atomic E-state index is 13.6. The van der Waals surface area contributed by atoms with E-state index in [1.54, 1.807) is 6.07 Å². The number of hydrogen-bond donors (Lipinski definition) is 1. The Bertz CT molecular complexity index is 608. The molecule has 0 radical (unpaired) electrons. The molecule has 0 aliphatic heterocycles. The molecule has 0 amide bonds. The Balaban J connectivity index is 2.30. The Morgan fingerprint density at radius 3 is 2.48 bits per heavy atom. The lowest BCUT2D eigenvalue weighted by atomic mass is 9.96. The first-order valence-corrected chi connectivity index (χ1v) is 7.73. The van der Waals surface area contributed by atoms with Crippen LogP contribution in [0.2, 0.25) is 0 Å². The van der Waals surface area contributed by atoms with E-state index in [1.807, 2.05) is 19.9 Å². The largest absolute Gasteiger partial charge is 0.310 e. The molecule has 2 rings (SSSR count). The summed E-state index contributed by atoms with van der Waals surface area (Å²) < 4.78 is 27.5. The van der Waals surface area contributed by atoms with Crippen LogP contribution in [0, 0.1) is 18.6 Å². The number of aryl methyl sites for hydroxylation is 1. The second-order valence-electron chi connectivity index (χ2n) is 5.09. The fourth-order valence-corrected chi connectivity index (χ4v) is 2.92. The lowest BCUT2D eigenvalue weighted by Gasteiger charge is -2.20. The maximum absolute atomic E-state index is 13.6. The molecule has 1 nitrogen and oxygen atoms in total. The summed E-state index contributed by atoms with van der Waals surface area (Å²) in [5, 5.41) is 3.36. The standard InChI is InChI=1S/C17H18BrF2N/c1-3-21-17(13-7-14(18)10-16(20)8-13)9-12-4-5-15(19)6-11(12)2/h4-8,10,17,21H,3,9H2,1-2H3. The van der Waals surface area contributed by atoms with Crippen LogP contribution in [0.3, 0.4) is 0 Å². The third-order valence-electron chi connectivity index (χ3n) is 3.47. The van der Waals surface area contributed by atoms with Gasteiger partial charge < -0.3 is 5.32 Å². The summed E-state index contributed by atoms with van der Waals surface area (Å²) >= 11 is 3.32. The number of halogens is 3. The monoisotopic (exact) mass is 353 g/mol. The zero-order chi connectivity index (χ0) is 15.4. The van der Waals surface area contributed by atoms with Crippen LogP contribution in [0.15, 0.2) is 40.9 Å². The van der Waals surface area contributed by atoms with Gasteiger partial charge in [-0.15, -0.1) is 0 Å². The quantitative estimate of drug-likeness (QED) is 0.803. The molecule has 2 aromatic carbocycles. The lowest BCUT2D eigenvalue weighted by molar-refractivity contribution is 0.540. The van der Waals surface area contributed by atoms with Gasteiger partial charge in [-0.2, -0.15) is 0 Å². The Kier molecular flexibility index (Phi) is 5.48. The van der Waals surface area contributed by atoms with E-state index in [0.29, 0.717) is 6.42 Å². The molecule has 1 N–H and O–H groups in total. The van der Waals surface area contributed by atoms with Gasteiger partial charge in [0.05, 0.1) is 0 Å². The molecule has 1 atom stereocenters. The summed E-state index contributed by atoms with van der Waals surface area (Å²) in [6.45, 7) is 4.68. The minimum atomic E-state index is -0.266. The molecule has 2 aromatic rings. The van der Waals surface area contributed by atoms with Gasteiger partial charge in [0.2, 0.25) is 0 Å². The first kappa shape index (κ1) is 16.1. The summed E-state index contributed by atoms with van der Waals surface area (Å²) in [6, 6.07) is 9.67. The average molecular weight is 354 g/mol. The first-order chi connectivity index (χ1) is 9.99. The van der Waals surface area contributed by atoms with Gasteiger partial charge in [-0.3, -0.25) is 0 Å². The van der Waals surface area contributed by atoms with Gasteiger partial charge in [-0.25, -0.2) is 8.78 Å². The molecular formula is C17H18BrF2N. The van der Waals surface area contributed by atoms with E-state index in [1.165, 1.54) is 24.3 Å². The van der Waals surface area contributed by atoms with Crippen LogP contribution in [0.25, 0.3) is 0 Å². The molecule has 21 heavy (non-hydrogen) atoms. The van der Waals surface area contributed by atoms with E-state index >= 15 is 0 Å². The number of hydrogen-bond acceptors (Lipinski definition) is 1. The maximum Gasteiger partial charge on any atom is 0.124 e. The molecule has 1 unspecified atom stereocenters. The zero-order valence-corrected chi connectivity index (χ0v) is 13.7. The predicted octanol–water partition coefficient (Wildman–Crippen LogP) is 4.93. The summed E-state index contributed by atoms with van der Waals surface area (Å²) in [6.07, 6.45) is 0.690. The summed E-state index contributed by atoms with van der Waals surface area (Å²) in [4.78, 5) is 0. The fraction of sp³-hybridized carbons (Fsp3) is 0.294. The minimum absolute atomic E-state index is 0.00818. The van der Waals surface area contributed by atoms with Crippen molar-refractivity contribution in [3.8, 4) is 0 Å². The molecule has 0 spiro atoms. The van der Waals surface area contributed by atoms with E-state index in [0.717, 1.165) is 27.7 Å². The summed E-state index contributed by atoms with van der Waals surface area (Å²) in [7, 11) is 0. The summed E-state index contributed by atoms with van der Waals surface area (Å²) in [5.41, 5.74) is 2.85. The van der Waals surface area contributed by atoms with Gasteiger partial charge in [0.1, 0.15) is 11.6 Å². The molecule has 112 valence electrons. The van der Waals surface area contributed by atoms with Gasteiger partial charge in [0, 0.05) is 10.5 Å². The van der Waals surface area contributed by atoms with Crippen molar-refractivity contribution in [2.45, 2.75) is 26.3 Å². The van der Waals surface area contributed by atoms with E-state index in [9.17, 15) is 8.78 Å². The van der Waals surface area contributed by atoms with Gasteiger partial charge in [-0.05, 0) is 66.9 Å². The van der Waals surface area contributed by atoms with Crippen LogP contribution in [0.1, 0.15) is 29.7 Å². The Morgan fingerprint density at radius 1 is 1.10 bits per heavy atom. The van der Waals surface area contributed by atoms with Crippen molar-refractivity contribution in [3.63, 3.8) is 0 Å². The zero-order valence-electron chi connectivity index (χ0n) is 12.1. The topological polar surface area (TPSA) is 12.0 Å². The van der Waals surface area contributed by atoms with Crippen molar-refractivity contribution in [2.24, 2.45) is 0 Å². The van der Waals surface area contributed by atoms with Crippen LogP contribution < -0.4 is 5.32 Å². The van der Waals surface area contributed by atoms with Gasteiger partial charge in [0.25, 0.3) is 0 Å². The molecular weight excluding hydrogens is 336 g/mol. The van der Waals surface area contributed by atoms with E-state index in [4.69, 9.17) is 0 Å². The van der Waals surface area contributed by atoms with Crippen LogP contribution in [-0.2, 0) is 6.42 Å². The van der Waals surface area contributed by atoms with E-state index in [2.05, 4.69) is 21.2 Å². The van der Waals surface area contributed by atoms with Crippen molar-refractivity contribution < 1.29 is 8.78 Å². The normalized spacial score (nSPS) is 12.4. The molecule has 0 saturated carbocycles. The molecule has 0 bridgehead atoms. The highest BCUT2D eigenvalue weighted by atomic mass is 79.9. The molecule has 0 heterocycles. The first-order valence-electron chi connectivity index (χ1n) is 6.94. The molecule has 0 aliphatic carbocycles. The van der Waals surface area contributed by atoms with E-state index in [-0.39, 0.29) is 17.7 Å². The Morgan fingerprint density at radius 2 is 1.86 bits per heavy atom. The van der Waals surface area contributed by atoms with Crippen LogP contribution in [0.5, 0.6) is 0 Å². The highest BCUT2D eigenvalue weighted by Crippen LogP contribution is 2.25. The Labute approximate surface area is 132 Å². The number of nitrogens with one attached hydrogen (secondary N) is 1. The number of likely N-dealkylation sites (N-methyl/N-ethyl adjacent to an activating group) is 1. The van der Waals surface area contributed by atoms with E-state index < -0.39 is 0 Å². The molecule has 0 aliphatic rings. The molecule has 0 aromatic heterocycles. The lowest BCUT2D eigenvalue weighted by Crippen LogP contribution is -2.23. The minimum Gasteiger partial charge on any atom is -0.310 e. The predicted molar refractivity (Wildman–Crippen MR) is 85.4 cm³/mol. The van der Waals surface area contributed by atoms with Crippen LogP contribution in [0.4, 0.5) is 8.78 Å². The number of benzene rings is 2. The molecule has 0 fully saturated rings. The van der Waals surface area contributed by atoms with Crippen molar-refractivity contribution in [3.05, 3.63) is 69.2 Å². The average Bonchev–Trinajstić information content (AvgIpc) is 2.40. The van der Waals surface area contributed by atoms with Crippen molar-refractivity contribution >= 4 is 15.9 Å². The van der Waals surface area contributed by atoms with Crippen molar-refractivity contribution in [1.29, 1.82) is 0 Å². The highest BCUT2D eigenvalue weighted by molar-refractivity contribution is 9.10. The fourth-order valence-electron chi connectivity index (χ4n) is 2.44. The third-order valence-corrected chi connectivity index (χ3v) is 3.92. The molecule has 4 heteroatoms. The van der Waals surface area contributed by atoms with Crippen molar-refractivity contribution in [1.82, 2.24) is 5.32 Å². The van der Waals surface area contributed by atoms with Crippen LogP contribution >= 0.6 is 15.9 Å². The van der Waals surface area contributed by atoms with Gasteiger partial charge in [0.15, 0.2) is 0 Å².